The van der Waals surface area contributed by atoms with Crippen molar-refractivity contribution in [2.75, 3.05) is 5.75 Å². The minimum atomic E-state index is -0.854. The molecule has 0 amide bonds. The average molecular weight is 280 g/mol. The van der Waals surface area contributed by atoms with Crippen LogP contribution in [0.15, 0.2) is 23.2 Å². The molecule has 0 saturated carbocycles. The number of fused-ring (bicyclic) bond motifs is 1. The molecule has 1 aromatic heterocycles. The van der Waals surface area contributed by atoms with Gasteiger partial charge in [0.1, 0.15) is 16.7 Å². The highest BCUT2D eigenvalue weighted by Gasteiger charge is 2.09. The van der Waals surface area contributed by atoms with Crippen LogP contribution >= 0.6 is 11.8 Å². The van der Waals surface area contributed by atoms with Crippen LogP contribution in [0.1, 0.15) is 19.2 Å². The van der Waals surface area contributed by atoms with Crippen LogP contribution in [0.2, 0.25) is 0 Å². The van der Waals surface area contributed by atoms with Crippen LogP contribution in [0.25, 0.3) is 10.9 Å². The van der Waals surface area contributed by atoms with Gasteiger partial charge in [-0.15, -0.1) is 11.8 Å². The van der Waals surface area contributed by atoms with E-state index in [1.165, 1.54) is 23.9 Å². The van der Waals surface area contributed by atoms with Crippen LogP contribution in [0.4, 0.5) is 4.39 Å². The van der Waals surface area contributed by atoms with E-state index in [4.69, 9.17) is 5.11 Å². The van der Waals surface area contributed by atoms with Gasteiger partial charge in [0.05, 0.1) is 11.9 Å². The lowest BCUT2D eigenvalue weighted by atomic mass is 10.2. The third kappa shape index (κ3) is 3.41. The molecular formula is C13H13FN2O2S. The van der Waals surface area contributed by atoms with Crippen LogP contribution in [0, 0.1) is 5.82 Å². The molecule has 4 nitrogen and oxygen atoms in total. The van der Waals surface area contributed by atoms with E-state index in [2.05, 4.69) is 9.97 Å². The Hall–Kier alpha value is -1.69. The number of aryl methyl sites for hydroxylation is 1. The molecule has 0 fully saturated rings. The van der Waals surface area contributed by atoms with E-state index < -0.39 is 5.97 Å². The third-order valence-electron chi connectivity index (χ3n) is 2.54. The van der Waals surface area contributed by atoms with Crippen molar-refractivity contribution in [1.29, 1.82) is 0 Å². The predicted octanol–water partition coefficient (Wildman–Crippen LogP) is 2.90. The first-order valence-electron chi connectivity index (χ1n) is 5.91. The lowest BCUT2D eigenvalue weighted by Crippen LogP contribution is -1.99. The van der Waals surface area contributed by atoms with Crippen molar-refractivity contribution < 1.29 is 14.3 Å². The van der Waals surface area contributed by atoms with Gasteiger partial charge in [-0.05, 0) is 18.2 Å². The molecule has 0 unspecified atom stereocenters. The maximum absolute atomic E-state index is 13.3. The first-order chi connectivity index (χ1) is 9.10. The van der Waals surface area contributed by atoms with Gasteiger partial charge in [-0.2, -0.15) is 0 Å². The number of thioether (sulfide) groups is 1. The summed E-state index contributed by atoms with van der Waals surface area (Å²) in [4.78, 5) is 19.2. The molecule has 0 saturated heterocycles. The van der Waals surface area contributed by atoms with Crippen molar-refractivity contribution in [1.82, 2.24) is 9.97 Å². The monoisotopic (exact) mass is 280 g/mol. The van der Waals surface area contributed by atoms with Gasteiger partial charge in [0, 0.05) is 17.6 Å². The summed E-state index contributed by atoms with van der Waals surface area (Å²) in [5, 5.41) is 9.92. The Kier molecular flexibility index (Phi) is 4.31. The second kappa shape index (κ2) is 5.97. The number of carboxylic acid groups (broad SMARTS) is 1. The summed E-state index contributed by atoms with van der Waals surface area (Å²) < 4.78 is 13.3. The number of aliphatic carboxylic acids is 1. The van der Waals surface area contributed by atoms with Crippen molar-refractivity contribution in [2.24, 2.45) is 0 Å². The van der Waals surface area contributed by atoms with Gasteiger partial charge in [-0.25, -0.2) is 14.4 Å². The van der Waals surface area contributed by atoms with Crippen LogP contribution in [0.5, 0.6) is 0 Å². The summed E-state index contributed by atoms with van der Waals surface area (Å²) in [6.07, 6.45) is 0.729. The standard InChI is InChI=1S/C13H13FN2O2S/c1-2-11-15-10-4-3-8(14)7-9(10)13(16-11)19-6-5-12(17)18/h3-4,7H,2,5-6H2,1H3,(H,17,18). The number of rotatable bonds is 5. The molecule has 1 aromatic carbocycles. The fourth-order valence-corrected chi connectivity index (χ4v) is 2.58. The van der Waals surface area contributed by atoms with E-state index in [0.717, 1.165) is 0 Å². The Labute approximate surface area is 114 Å². The number of aromatic nitrogens is 2. The maximum atomic E-state index is 13.3. The van der Waals surface area contributed by atoms with Gasteiger partial charge in [0.15, 0.2) is 0 Å². The number of hydrogen-bond acceptors (Lipinski definition) is 4. The highest BCUT2D eigenvalue weighted by molar-refractivity contribution is 7.99. The summed E-state index contributed by atoms with van der Waals surface area (Å²) in [6.45, 7) is 1.94. The van der Waals surface area contributed by atoms with Gasteiger partial charge < -0.3 is 5.11 Å². The highest BCUT2D eigenvalue weighted by Crippen LogP contribution is 2.26. The Bertz CT molecular complexity index is 619. The smallest absolute Gasteiger partial charge is 0.304 e. The molecular weight excluding hydrogens is 267 g/mol. The molecule has 2 rings (SSSR count). The van der Waals surface area contributed by atoms with Gasteiger partial charge in [0.2, 0.25) is 0 Å². The summed E-state index contributed by atoms with van der Waals surface area (Å²) in [5.74, 6) is -0.119. The predicted molar refractivity (Wildman–Crippen MR) is 71.9 cm³/mol. The topological polar surface area (TPSA) is 63.1 Å². The third-order valence-corrected chi connectivity index (χ3v) is 3.53. The van der Waals surface area contributed by atoms with Crippen molar-refractivity contribution >= 4 is 28.6 Å². The first kappa shape index (κ1) is 13.7. The van der Waals surface area contributed by atoms with Crippen molar-refractivity contribution in [3.05, 3.63) is 29.8 Å². The molecule has 0 aliphatic heterocycles. The van der Waals surface area contributed by atoms with Crippen LogP contribution < -0.4 is 0 Å². The molecule has 19 heavy (non-hydrogen) atoms. The number of carboxylic acids is 1. The Morgan fingerprint density at radius 3 is 2.89 bits per heavy atom. The van der Waals surface area contributed by atoms with Crippen LogP contribution in [-0.4, -0.2) is 26.8 Å². The quantitative estimate of drug-likeness (QED) is 0.674. The second-order valence-electron chi connectivity index (χ2n) is 3.95. The van der Waals surface area contributed by atoms with Crippen molar-refractivity contribution in [3.8, 4) is 0 Å². The van der Waals surface area contributed by atoms with Crippen molar-refractivity contribution in [2.45, 2.75) is 24.8 Å². The Morgan fingerprint density at radius 1 is 1.42 bits per heavy atom. The molecule has 0 atom stereocenters. The number of halogens is 1. The minimum absolute atomic E-state index is 0.0485. The molecule has 0 bridgehead atoms. The molecule has 0 aliphatic carbocycles. The van der Waals surface area contributed by atoms with Crippen LogP contribution in [0.3, 0.4) is 0 Å². The molecule has 1 heterocycles. The van der Waals surface area contributed by atoms with E-state index in [1.54, 1.807) is 6.07 Å². The zero-order valence-corrected chi connectivity index (χ0v) is 11.2. The van der Waals surface area contributed by atoms with Crippen molar-refractivity contribution in [3.63, 3.8) is 0 Å². The van der Waals surface area contributed by atoms with Gasteiger partial charge in [-0.3, -0.25) is 4.79 Å². The van der Waals surface area contributed by atoms with E-state index in [0.29, 0.717) is 33.9 Å². The van der Waals surface area contributed by atoms with E-state index in [1.807, 2.05) is 6.92 Å². The minimum Gasteiger partial charge on any atom is -0.481 e. The lowest BCUT2D eigenvalue weighted by Gasteiger charge is -2.07. The van der Waals surface area contributed by atoms with E-state index >= 15 is 0 Å². The molecule has 1 N–H and O–H groups in total. The number of nitrogens with zero attached hydrogens (tertiary/aromatic N) is 2. The zero-order chi connectivity index (χ0) is 13.8. The Balaban J connectivity index is 2.38. The molecule has 100 valence electrons. The maximum Gasteiger partial charge on any atom is 0.304 e. The molecule has 2 aromatic rings. The summed E-state index contributed by atoms with van der Waals surface area (Å²) in [7, 11) is 0. The normalized spacial score (nSPS) is 10.8. The van der Waals surface area contributed by atoms with E-state index in [9.17, 15) is 9.18 Å². The molecule has 6 heteroatoms. The first-order valence-corrected chi connectivity index (χ1v) is 6.89. The van der Waals surface area contributed by atoms with Gasteiger partial charge in [-0.1, -0.05) is 6.92 Å². The van der Waals surface area contributed by atoms with Gasteiger partial charge in [0.25, 0.3) is 0 Å². The fraction of sp³-hybridized carbons (Fsp3) is 0.308. The molecule has 0 spiro atoms. The lowest BCUT2D eigenvalue weighted by molar-refractivity contribution is -0.136. The molecule has 0 radical (unpaired) electrons. The molecule has 0 aliphatic rings. The number of benzene rings is 1. The second-order valence-corrected chi connectivity index (χ2v) is 5.04. The summed E-state index contributed by atoms with van der Waals surface area (Å²) in [6, 6.07) is 4.37. The van der Waals surface area contributed by atoms with Gasteiger partial charge >= 0.3 is 5.97 Å². The van der Waals surface area contributed by atoms with Crippen LogP contribution in [-0.2, 0) is 11.2 Å². The SMILES string of the molecule is CCc1nc(SCCC(=O)O)c2cc(F)ccc2n1. The van der Waals surface area contributed by atoms with E-state index in [-0.39, 0.29) is 12.2 Å². The zero-order valence-electron chi connectivity index (χ0n) is 10.4. The summed E-state index contributed by atoms with van der Waals surface area (Å²) in [5.41, 5.74) is 0.686. The fourth-order valence-electron chi connectivity index (χ4n) is 1.62. The number of carbonyl (C=O) groups is 1. The summed E-state index contributed by atoms with van der Waals surface area (Å²) >= 11 is 1.32. The number of hydrogen-bond donors (Lipinski definition) is 1. The highest BCUT2D eigenvalue weighted by atomic mass is 32.2. The average Bonchev–Trinajstić information content (AvgIpc) is 2.38. The largest absolute Gasteiger partial charge is 0.481 e. The Morgan fingerprint density at radius 2 is 2.21 bits per heavy atom.